The van der Waals surface area contributed by atoms with Crippen LogP contribution in [0.2, 0.25) is 0 Å². The first-order valence-corrected chi connectivity index (χ1v) is 11.9. The smallest absolute Gasteiger partial charge is 0.310 e. The molecule has 1 aromatic rings. The van der Waals surface area contributed by atoms with Crippen LogP contribution in [-0.2, 0) is 27.2 Å². The molecule has 0 fully saturated rings. The Kier molecular flexibility index (Phi) is 14.3. The normalized spacial score (nSPS) is 14.1. The molecular weight excluding hydrogens is 452 g/mol. The Morgan fingerprint density at radius 2 is 1.90 bits per heavy atom. The van der Waals surface area contributed by atoms with Gasteiger partial charge in [0.1, 0.15) is 6.79 Å². The lowest BCUT2D eigenvalue weighted by atomic mass is 9.93. The highest BCUT2D eigenvalue weighted by Gasteiger charge is 2.26. The molecule has 7 heteroatoms. The van der Waals surface area contributed by atoms with Gasteiger partial charge in [-0.3, -0.25) is 4.79 Å². The van der Waals surface area contributed by atoms with Gasteiger partial charge in [-0.25, -0.2) is 4.31 Å². The Bertz CT molecular complexity index is 656. The van der Waals surface area contributed by atoms with Crippen LogP contribution in [0.5, 0.6) is 0 Å². The van der Waals surface area contributed by atoms with Gasteiger partial charge in [-0.2, -0.15) is 0 Å². The van der Waals surface area contributed by atoms with Crippen molar-refractivity contribution in [2.45, 2.75) is 79.7 Å². The van der Waals surface area contributed by atoms with Gasteiger partial charge < -0.3 is 14.3 Å². The van der Waals surface area contributed by atoms with Crippen molar-refractivity contribution in [2.75, 3.05) is 18.4 Å². The summed E-state index contributed by atoms with van der Waals surface area (Å²) in [5.74, 6) is -0.208. The SMILES string of the molecule is C=O.CC.CCCC(CC)N1CCc2c(C)c(Br)c(CC(=O)OC)c(C)c2NS1. The molecule has 0 saturated carbocycles. The summed E-state index contributed by atoms with van der Waals surface area (Å²) >= 11 is 5.43. The lowest BCUT2D eigenvalue weighted by Gasteiger charge is -2.27. The van der Waals surface area contributed by atoms with Gasteiger partial charge >= 0.3 is 5.97 Å². The largest absolute Gasteiger partial charge is 0.469 e. The van der Waals surface area contributed by atoms with Crippen LogP contribution in [-0.4, -0.2) is 36.8 Å². The number of esters is 1. The van der Waals surface area contributed by atoms with E-state index < -0.39 is 0 Å². The van der Waals surface area contributed by atoms with Crippen molar-refractivity contribution in [3.8, 4) is 0 Å². The number of anilines is 1. The van der Waals surface area contributed by atoms with Crippen LogP contribution in [0.15, 0.2) is 4.47 Å². The van der Waals surface area contributed by atoms with Crippen molar-refractivity contribution in [2.24, 2.45) is 0 Å². The fourth-order valence-corrected chi connectivity index (χ4v) is 5.23. The monoisotopic (exact) mass is 488 g/mol. The molecule has 0 amide bonds. The lowest BCUT2D eigenvalue weighted by molar-refractivity contribution is -0.139. The molecule has 29 heavy (non-hydrogen) atoms. The van der Waals surface area contributed by atoms with E-state index in [0.29, 0.717) is 12.5 Å². The zero-order valence-electron chi connectivity index (χ0n) is 19.0. The van der Waals surface area contributed by atoms with Crippen molar-refractivity contribution < 1.29 is 14.3 Å². The number of hydrogen-bond donors (Lipinski definition) is 1. The van der Waals surface area contributed by atoms with Crippen LogP contribution in [0.3, 0.4) is 0 Å². The zero-order chi connectivity index (χ0) is 22.6. The minimum atomic E-state index is -0.208. The maximum absolute atomic E-state index is 11.8. The predicted octanol–water partition coefficient (Wildman–Crippen LogP) is 6.03. The molecule has 0 aliphatic carbocycles. The third-order valence-electron chi connectivity index (χ3n) is 5.07. The van der Waals surface area contributed by atoms with Crippen molar-refractivity contribution in [3.05, 3.63) is 26.7 Å². The van der Waals surface area contributed by atoms with Gasteiger partial charge in [0.05, 0.1) is 19.2 Å². The van der Waals surface area contributed by atoms with Crippen LogP contribution in [0.4, 0.5) is 5.69 Å². The standard InChI is InChI=1S/C19H29BrN2O2S.C2H6.CH2O/c1-6-8-14(7-2)22-10-9-15-12(3)18(20)16(11-17(23)24-5)13(4)19(15)21-25-22;2*1-2/h14,21H,6-11H2,1-5H3;1-2H3;1H2. The Morgan fingerprint density at radius 3 is 2.41 bits per heavy atom. The first-order chi connectivity index (χ1) is 13.9. The molecule has 0 saturated heterocycles. The molecule has 1 heterocycles. The Hall–Kier alpha value is -1.05. The molecule has 0 bridgehead atoms. The van der Waals surface area contributed by atoms with Gasteiger partial charge in [0.25, 0.3) is 0 Å². The molecule has 0 aromatic heterocycles. The van der Waals surface area contributed by atoms with Crippen LogP contribution in [0.25, 0.3) is 0 Å². The van der Waals surface area contributed by atoms with Crippen molar-refractivity contribution >= 4 is 46.5 Å². The van der Waals surface area contributed by atoms with Crippen molar-refractivity contribution in [3.63, 3.8) is 0 Å². The molecule has 1 N–H and O–H groups in total. The molecular formula is C22H37BrN2O3S. The Labute approximate surface area is 189 Å². The number of nitrogens with one attached hydrogen (secondary N) is 1. The maximum atomic E-state index is 11.8. The molecule has 1 atom stereocenters. The highest BCUT2D eigenvalue weighted by Crippen LogP contribution is 2.39. The first-order valence-electron chi connectivity index (χ1n) is 10.3. The lowest BCUT2D eigenvalue weighted by Crippen LogP contribution is -2.30. The van der Waals surface area contributed by atoms with E-state index in [-0.39, 0.29) is 5.97 Å². The highest BCUT2D eigenvalue weighted by atomic mass is 79.9. The highest BCUT2D eigenvalue weighted by molar-refractivity contribution is 9.10. The third-order valence-corrected chi connectivity index (χ3v) is 7.16. The van der Waals surface area contributed by atoms with E-state index in [1.807, 2.05) is 20.6 Å². The van der Waals surface area contributed by atoms with E-state index in [9.17, 15) is 4.79 Å². The second kappa shape index (κ2) is 14.9. The molecule has 1 unspecified atom stereocenters. The van der Waals surface area contributed by atoms with E-state index in [1.54, 1.807) is 12.1 Å². The predicted molar refractivity (Wildman–Crippen MR) is 128 cm³/mol. The Balaban J connectivity index is 0.00000184. The molecule has 1 aliphatic rings. The number of methoxy groups -OCH3 is 1. The summed E-state index contributed by atoms with van der Waals surface area (Å²) in [6.07, 6.45) is 4.89. The summed E-state index contributed by atoms with van der Waals surface area (Å²) in [5.41, 5.74) is 5.89. The Morgan fingerprint density at radius 1 is 1.28 bits per heavy atom. The summed E-state index contributed by atoms with van der Waals surface area (Å²) < 4.78 is 12.0. The molecule has 0 spiro atoms. The van der Waals surface area contributed by atoms with Gasteiger partial charge in [-0.1, -0.05) is 50.0 Å². The zero-order valence-corrected chi connectivity index (χ0v) is 21.4. The number of benzene rings is 1. The average molecular weight is 490 g/mol. The quantitative estimate of drug-likeness (QED) is 0.389. The number of rotatable bonds is 6. The second-order valence-electron chi connectivity index (χ2n) is 6.58. The van der Waals surface area contributed by atoms with Gasteiger partial charge in [0, 0.05) is 29.2 Å². The van der Waals surface area contributed by atoms with Crippen LogP contribution < -0.4 is 4.72 Å². The van der Waals surface area contributed by atoms with Gasteiger partial charge in [-0.15, -0.1) is 0 Å². The number of hydrogen-bond acceptors (Lipinski definition) is 6. The summed E-state index contributed by atoms with van der Waals surface area (Å²) in [6, 6.07) is 0.593. The van der Waals surface area contributed by atoms with Crippen LogP contribution in [0, 0.1) is 13.8 Å². The third kappa shape index (κ3) is 7.30. The van der Waals surface area contributed by atoms with Gasteiger partial charge in [-0.05, 0) is 55.4 Å². The van der Waals surface area contributed by atoms with Crippen LogP contribution >= 0.6 is 28.1 Å². The summed E-state index contributed by atoms with van der Waals surface area (Å²) in [7, 11) is 1.44. The van der Waals surface area contributed by atoms with Gasteiger partial charge in [0.2, 0.25) is 0 Å². The van der Waals surface area contributed by atoms with E-state index in [4.69, 9.17) is 9.53 Å². The molecule has 2 rings (SSSR count). The summed E-state index contributed by atoms with van der Waals surface area (Å²) in [6.45, 7) is 15.8. The van der Waals surface area contributed by atoms with Crippen LogP contribution in [0.1, 0.15) is 69.2 Å². The van der Waals surface area contributed by atoms with Crippen molar-refractivity contribution in [1.29, 1.82) is 0 Å². The molecule has 1 aliphatic heterocycles. The summed E-state index contributed by atoms with van der Waals surface area (Å²) in [4.78, 5) is 19.8. The van der Waals surface area contributed by atoms with Crippen molar-refractivity contribution in [1.82, 2.24) is 4.31 Å². The minimum Gasteiger partial charge on any atom is -0.469 e. The number of nitrogens with zero attached hydrogens (tertiary/aromatic N) is 1. The minimum absolute atomic E-state index is 0.208. The molecule has 5 nitrogen and oxygen atoms in total. The molecule has 0 radical (unpaired) electrons. The number of halogens is 1. The maximum Gasteiger partial charge on any atom is 0.310 e. The van der Waals surface area contributed by atoms with E-state index in [2.05, 4.69) is 52.7 Å². The second-order valence-corrected chi connectivity index (χ2v) is 8.23. The first kappa shape index (κ1) is 27.9. The fourth-order valence-electron chi connectivity index (χ4n) is 3.48. The number of fused-ring (bicyclic) bond motifs is 1. The fraction of sp³-hybridized carbons (Fsp3) is 0.636. The summed E-state index contributed by atoms with van der Waals surface area (Å²) in [5, 5.41) is 0. The molecule has 166 valence electrons. The van der Waals surface area contributed by atoms with E-state index in [0.717, 1.165) is 35.0 Å². The number of ether oxygens (including phenoxy) is 1. The number of carbonyl (C=O) groups excluding carboxylic acids is 2. The number of carbonyl (C=O) groups is 2. The van der Waals surface area contributed by atoms with Gasteiger partial charge in [0.15, 0.2) is 0 Å². The van der Waals surface area contributed by atoms with E-state index >= 15 is 0 Å². The topological polar surface area (TPSA) is 58.6 Å². The molecule has 1 aromatic carbocycles. The average Bonchev–Trinajstić information content (AvgIpc) is 2.99. The van der Waals surface area contributed by atoms with E-state index in [1.165, 1.54) is 36.8 Å².